The Labute approximate surface area is 311 Å². The molecule has 1 aliphatic heterocycles. The Morgan fingerprint density at radius 3 is 2.21 bits per heavy atom. The normalized spacial score (nSPS) is 29.1. The number of urea groups is 1. The lowest BCUT2D eigenvalue weighted by Crippen LogP contribution is -2.61. The molecule has 9 rings (SSSR count). The van der Waals surface area contributed by atoms with Gasteiger partial charge >= 0.3 is 6.03 Å². The second kappa shape index (κ2) is 15.3. The number of para-hydroxylation sites is 1. The molecule has 4 aromatic carbocycles. The van der Waals surface area contributed by atoms with E-state index in [2.05, 4.69) is 84.3 Å². The van der Waals surface area contributed by atoms with Crippen LogP contribution in [0.4, 0.5) is 4.79 Å². The molecule has 0 radical (unpaired) electrons. The topological polar surface area (TPSA) is 89.1 Å². The van der Waals surface area contributed by atoms with E-state index in [0.717, 1.165) is 86.8 Å². The minimum atomic E-state index is -0.543. The zero-order valence-electron chi connectivity index (χ0n) is 30.1. The number of hydrogen-bond acceptors (Lipinski definition) is 6. The summed E-state index contributed by atoms with van der Waals surface area (Å²) in [5.41, 5.74) is 6.16. The van der Waals surface area contributed by atoms with Crippen LogP contribution in [-0.4, -0.2) is 35.6 Å². The average molecular weight is 719 g/mol. The third-order valence-electron chi connectivity index (χ3n) is 11.9. The number of amides is 2. The van der Waals surface area contributed by atoms with Crippen LogP contribution in [0.2, 0.25) is 0 Å². The first-order valence-electron chi connectivity index (χ1n) is 18.9. The summed E-state index contributed by atoms with van der Waals surface area (Å²) in [6.07, 6.45) is 6.72. The third-order valence-corrected chi connectivity index (χ3v) is 13.1. The van der Waals surface area contributed by atoms with Gasteiger partial charge in [-0.25, -0.2) is 4.79 Å². The standard InChI is InChI=1S/C44H50N2O5S/c1-28-39(27-52-40-9-4-3-8-38(40)49-2)50-42(51-41(28)35-12-10-29(26-47)11-13-35)36-16-14-34(15-17-36)37-7-5-6-30(21-37)25-45-43(48)46-44-22-31-18-32(23-44)20-33(19-31)24-44/h3-17,21,28,31-33,39,41-42,47H,18-20,22-27H2,1-2H3,(H2,45,46,48). The minimum absolute atomic E-state index is 0.00504. The molecule has 4 unspecified atom stereocenters. The van der Waals surface area contributed by atoms with E-state index < -0.39 is 6.29 Å². The van der Waals surface area contributed by atoms with Crippen LogP contribution < -0.4 is 15.4 Å². The molecule has 5 fully saturated rings. The van der Waals surface area contributed by atoms with Crippen molar-refractivity contribution in [3.05, 3.63) is 119 Å². The highest BCUT2D eigenvalue weighted by molar-refractivity contribution is 7.99. The van der Waals surface area contributed by atoms with Crippen molar-refractivity contribution in [3.8, 4) is 16.9 Å². The molecule has 1 heterocycles. The maximum Gasteiger partial charge on any atom is 0.315 e. The van der Waals surface area contributed by atoms with Gasteiger partial charge in [0, 0.05) is 34.2 Å². The van der Waals surface area contributed by atoms with Gasteiger partial charge in [0.1, 0.15) is 5.75 Å². The van der Waals surface area contributed by atoms with Gasteiger partial charge in [0.25, 0.3) is 0 Å². The number of carbonyl (C=O) groups is 1. The smallest absolute Gasteiger partial charge is 0.315 e. The van der Waals surface area contributed by atoms with Crippen LogP contribution >= 0.6 is 11.8 Å². The minimum Gasteiger partial charge on any atom is -0.496 e. The zero-order valence-corrected chi connectivity index (χ0v) is 30.9. The van der Waals surface area contributed by atoms with Crippen LogP contribution in [0, 0.1) is 23.7 Å². The van der Waals surface area contributed by atoms with Crippen molar-refractivity contribution >= 4 is 17.8 Å². The van der Waals surface area contributed by atoms with Crippen molar-refractivity contribution in [1.82, 2.24) is 10.6 Å². The van der Waals surface area contributed by atoms with Gasteiger partial charge in [0.2, 0.25) is 0 Å². The number of carbonyl (C=O) groups excluding carboxylic acids is 1. The summed E-state index contributed by atoms with van der Waals surface area (Å²) in [6.45, 7) is 2.68. The molecule has 52 heavy (non-hydrogen) atoms. The van der Waals surface area contributed by atoms with Gasteiger partial charge in [0.15, 0.2) is 6.29 Å². The molecular weight excluding hydrogens is 669 g/mol. The fourth-order valence-corrected chi connectivity index (χ4v) is 10.8. The van der Waals surface area contributed by atoms with Gasteiger partial charge in [-0.05, 0) is 102 Å². The fourth-order valence-electron chi connectivity index (χ4n) is 9.64. The van der Waals surface area contributed by atoms with E-state index in [9.17, 15) is 9.90 Å². The summed E-state index contributed by atoms with van der Waals surface area (Å²) in [4.78, 5) is 14.2. The number of aliphatic hydroxyl groups is 1. The highest BCUT2D eigenvalue weighted by atomic mass is 32.2. The van der Waals surface area contributed by atoms with Gasteiger partial charge in [-0.2, -0.15) is 0 Å². The third kappa shape index (κ3) is 7.63. The lowest BCUT2D eigenvalue weighted by atomic mass is 9.53. The Morgan fingerprint density at radius 1 is 0.827 bits per heavy atom. The molecule has 4 bridgehead atoms. The Morgan fingerprint density at radius 2 is 1.52 bits per heavy atom. The number of nitrogens with one attached hydrogen (secondary N) is 2. The summed E-state index contributed by atoms with van der Waals surface area (Å²) in [6, 6.07) is 32.9. The number of thioether (sulfide) groups is 1. The van der Waals surface area contributed by atoms with E-state index in [1.165, 1.54) is 19.3 Å². The fraction of sp³-hybridized carbons (Fsp3) is 0.432. The first-order valence-corrected chi connectivity index (χ1v) is 19.9. The maximum absolute atomic E-state index is 13.1. The van der Waals surface area contributed by atoms with Crippen molar-refractivity contribution in [2.75, 3.05) is 12.9 Å². The van der Waals surface area contributed by atoms with Crippen molar-refractivity contribution < 1.29 is 24.1 Å². The molecule has 4 aliphatic carbocycles. The summed E-state index contributed by atoms with van der Waals surface area (Å²) < 4.78 is 19.0. The molecule has 4 aromatic rings. The number of aliphatic hydroxyl groups excluding tert-OH is 1. The molecule has 7 nitrogen and oxygen atoms in total. The van der Waals surface area contributed by atoms with Crippen LogP contribution in [0.5, 0.6) is 5.75 Å². The Bertz CT molecular complexity index is 1810. The summed E-state index contributed by atoms with van der Waals surface area (Å²) in [5, 5.41) is 16.2. The molecule has 1 saturated heterocycles. The number of hydrogen-bond donors (Lipinski definition) is 3. The van der Waals surface area contributed by atoms with Gasteiger partial charge < -0.3 is 30.0 Å². The highest BCUT2D eigenvalue weighted by Gasteiger charge is 2.51. The van der Waals surface area contributed by atoms with Crippen LogP contribution in [0.1, 0.15) is 80.1 Å². The summed E-state index contributed by atoms with van der Waals surface area (Å²) >= 11 is 1.73. The zero-order chi connectivity index (χ0) is 35.7. The number of benzene rings is 4. The molecule has 4 atom stereocenters. The largest absolute Gasteiger partial charge is 0.496 e. The Kier molecular flexibility index (Phi) is 10.3. The molecular formula is C44H50N2O5S. The Balaban J connectivity index is 0.942. The van der Waals surface area contributed by atoms with E-state index in [-0.39, 0.29) is 36.3 Å². The van der Waals surface area contributed by atoms with Crippen molar-refractivity contribution in [2.24, 2.45) is 23.7 Å². The van der Waals surface area contributed by atoms with Crippen molar-refractivity contribution in [2.45, 2.75) is 87.5 Å². The molecule has 272 valence electrons. The second-order valence-corrected chi connectivity index (χ2v) is 16.7. The lowest BCUT2D eigenvalue weighted by molar-refractivity contribution is -0.268. The summed E-state index contributed by atoms with van der Waals surface area (Å²) in [5.74, 6) is 4.08. The predicted molar refractivity (Wildman–Crippen MR) is 205 cm³/mol. The van der Waals surface area contributed by atoms with Gasteiger partial charge in [0.05, 0.1) is 25.9 Å². The maximum atomic E-state index is 13.1. The Hall–Kier alpha value is -3.82. The SMILES string of the molecule is COc1ccccc1SCC1OC(c2ccc(-c3cccc(CNC(=O)NC45CC6CC(CC(C6)C4)C5)c3)cc2)OC(c2ccc(CO)cc2)C1C. The molecule has 3 N–H and O–H groups in total. The highest BCUT2D eigenvalue weighted by Crippen LogP contribution is 2.55. The monoisotopic (exact) mass is 718 g/mol. The van der Waals surface area contributed by atoms with E-state index in [1.807, 2.05) is 30.3 Å². The van der Waals surface area contributed by atoms with Gasteiger partial charge in [-0.15, -0.1) is 11.8 Å². The molecule has 0 spiro atoms. The number of rotatable bonds is 11. The first kappa shape index (κ1) is 35.2. The average Bonchev–Trinajstić information content (AvgIpc) is 3.16. The van der Waals surface area contributed by atoms with Crippen molar-refractivity contribution in [3.63, 3.8) is 0 Å². The van der Waals surface area contributed by atoms with Crippen LogP contribution in [0.3, 0.4) is 0 Å². The second-order valence-electron chi connectivity index (χ2n) is 15.6. The first-order chi connectivity index (χ1) is 25.4. The number of methoxy groups -OCH3 is 1. The van der Waals surface area contributed by atoms with E-state index in [4.69, 9.17) is 14.2 Å². The van der Waals surface area contributed by atoms with Crippen LogP contribution in [0.15, 0.2) is 102 Å². The molecule has 4 saturated carbocycles. The molecule has 8 heteroatoms. The lowest BCUT2D eigenvalue weighted by Gasteiger charge is -2.56. The van der Waals surface area contributed by atoms with E-state index in [0.29, 0.717) is 6.54 Å². The van der Waals surface area contributed by atoms with Gasteiger partial charge in [-0.1, -0.05) is 85.8 Å². The van der Waals surface area contributed by atoms with Gasteiger partial charge in [-0.3, -0.25) is 0 Å². The quantitative estimate of drug-likeness (QED) is 0.134. The van der Waals surface area contributed by atoms with Crippen molar-refractivity contribution in [1.29, 1.82) is 0 Å². The van der Waals surface area contributed by atoms with E-state index >= 15 is 0 Å². The molecule has 0 aromatic heterocycles. The molecule has 5 aliphatic rings. The predicted octanol–water partition coefficient (Wildman–Crippen LogP) is 9.21. The molecule has 2 amide bonds. The summed E-state index contributed by atoms with van der Waals surface area (Å²) in [7, 11) is 1.70. The van der Waals surface area contributed by atoms with E-state index in [1.54, 1.807) is 18.9 Å². The number of ether oxygens (including phenoxy) is 3. The van der Waals surface area contributed by atoms with Crippen LogP contribution in [-0.2, 0) is 22.6 Å². The van der Waals surface area contributed by atoms with Crippen LogP contribution in [0.25, 0.3) is 11.1 Å².